The first kappa shape index (κ1) is 8.53. The molecule has 0 spiro atoms. The third-order valence-electron chi connectivity index (χ3n) is 2.16. The van der Waals surface area contributed by atoms with E-state index in [1.165, 1.54) is 32.1 Å². The quantitative estimate of drug-likeness (QED) is 0.652. The molecule has 0 saturated heterocycles. The van der Waals surface area contributed by atoms with Crippen molar-refractivity contribution in [2.75, 3.05) is 6.54 Å². The Morgan fingerprint density at radius 3 is 2.55 bits per heavy atom. The number of rotatable bonds is 3. The zero-order valence-electron chi connectivity index (χ0n) is 6.73. The molecule has 3 nitrogen and oxygen atoms in total. The van der Waals surface area contributed by atoms with Crippen LogP contribution >= 0.6 is 0 Å². The van der Waals surface area contributed by atoms with Crippen molar-refractivity contribution >= 4 is 5.91 Å². The zero-order valence-corrected chi connectivity index (χ0v) is 6.73. The lowest BCUT2D eigenvalue weighted by molar-refractivity contribution is -0.118. The van der Waals surface area contributed by atoms with Crippen LogP contribution in [0.1, 0.15) is 32.1 Å². The van der Waals surface area contributed by atoms with E-state index in [0.29, 0.717) is 6.04 Å². The van der Waals surface area contributed by atoms with E-state index in [4.69, 9.17) is 5.73 Å². The molecule has 0 bridgehead atoms. The van der Waals surface area contributed by atoms with E-state index in [2.05, 4.69) is 5.32 Å². The molecule has 1 aliphatic rings. The highest BCUT2D eigenvalue weighted by atomic mass is 16.1. The van der Waals surface area contributed by atoms with E-state index >= 15 is 0 Å². The van der Waals surface area contributed by atoms with Gasteiger partial charge in [-0.15, -0.1) is 0 Å². The predicted molar refractivity (Wildman–Crippen MR) is 43.0 cm³/mol. The van der Waals surface area contributed by atoms with Gasteiger partial charge in [-0.2, -0.15) is 0 Å². The maximum atomic E-state index is 10.3. The van der Waals surface area contributed by atoms with Crippen LogP contribution in [0.4, 0.5) is 0 Å². The summed E-state index contributed by atoms with van der Waals surface area (Å²) in [6, 6.07) is 0.498. The summed E-state index contributed by atoms with van der Waals surface area (Å²) in [5, 5.41) is 3.08. The summed E-state index contributed by atoms with van der Waals surface area (Å²) in [5.41, 5.74) is 6.69. The number of amides is 1. The molecule has 11 heavy (non-hydrogen) atoms. The minimum Gasteiger partial charge on any atom is -0.306 e. The summed E-state index contributed by atoms with van der Waals surface area (Å²) in [7, 11) is 0. The van der Waals surface area contributed by atoms with Gasteiger partial charge in [0, 0.05) is 6.04 Å². The van der Waals surface area contributed by atoms with Crippen molar-refractivity contribution in [2.45, 2.75) is 38.1 Å². The Morgan fingerprint density at radius 1 is 1.36 bits per heavy atom. The molecule has 0 aliphatic heterocycles. The summed E-state index contributed by atoms with van der Waals surface area (Å²) in [4.78, 5) is 10.3. The van der Waals surface area contributed by atoms with Gasteiger partial charge in [0.25, 0.3) is 5.91 Å². The second-order valence-electron chi connectivity index (χ2n) is 3.14. The van der Waals surface area contributed by atoms with Crippen molar-refractivity contribution in [2.24, 2.45) is 0 Å². The van der Waals surface area contributed by atoms with Gasteiger partial charge >= 0.3 is 0 Å². The lowest BCUT2D eigenvalue weighted by atomic mass is 9.95. The average molecular weight is 155 g/mol. The van der Waals surface area contributed by atoms with Gasteiger partial charge in [0.15, 0.2) is 0 Å². The van der Waals surface area contributed by atoms with E-state index in [0.717, 1.165) is 0 Å². The molecular formula is C8H15N2O. The van der Waals surface area contributed by atoms with Gasteiger partial charge in [-0.05, 0) is 12.8 Å². The third-order valence-corrected chi connectivity index (χ3v) is 2.16. The highest BCUT2D eigenvalue weighted by Gasteiger charge is 2.12. The Hall–Kier alpha value is -0.570. The Bertz CT molecular complexity index is 130. The largest absolute Gasteiger partial charge is 0.306 e. The Labute approximate surface area is 67.3 Å². The van der Waals surface area contributed by atoms with Crippen molar-refractivity contribution in [3.8, 4) is 0 Å². The standard InChI is InChI=1S/C8H15N2O/c9-8(11)6-10-7-4-2-1-3-5-7/h7,9-10H,1-6H2. The molecule has 0 aromatic carbocycles. The van der Waals surface area contributed by atoms with E-state index in [-0.39, 0.29) is 6.54 Å². The van der Waals surface area contributed by atoms with Crippen LogP contribution < -0.4 is 11.1 Å². The Balaban J connectivity index is 2.09. The van der Waals surface area contributed by atoms with Crippen molar-refractivity contribution < 1.29 is 4.79 Å². The van der Waals surface area contributed by atoms with Crippen molar-refractivity contribution in [1.82, 2.24) is 11.1 Å². The molecule has 0 atom stereocenters. The number of carbonyl (C=O) groups excluding carboxylic acids is 1. The van der Waals surface area contributed by atoms with Crippen LogP contribution in [0.2, 0.25) is 0 Å². The SMILES string of the molecule is [NH]C(=O)CNC1CCCCC1. The minimum absolute atomic E-state index is 0.227. The molecular weight excluding hydrogens is 140 g/mol. The molecule has 1 fully saturated rings. The molecule has 1 radical (unpaired) electrons. The highest BCUT2D eigenvalue weighted by Crippen LogP contribution is 2.16. The highest BCUT2D eigenvalue weighted by molar-refractivity contribution is 5.75. The van der Waals surface area contributed by atoms with Crippen LogP contribution in [0.15, 0.2) is 0 Å². The van der Waals surface area contributed by atoms with Gasteiger partial charge in [0.05, 0.1) is 6.54 Å². The fraction of sp³-hybridized carbons (Fsp3) is 0.875. The van der Waals surface area contributed by atoms with E-state index < -0.39 is 5.91 Å². The average Bonchev–Trinajstić information content (AvgIpc) is 2.03. The fourth-order valence-corrected chi connectivity index (χ4v) is 1.54. The summed E-state index contributed by atoms with van der Waals surface area (Å²) < 4.78 is 0. The van der Waals surface area contributed by atoms with Gasteiger partial charge < -0.3 is 5.32 Å². The summed E-state index contributed by atoms with van der Waals surface area (Å²) in [6.45, 7) is 0.227. The van der Waals surface area contributed by atoms with Gasteiger partial charge in [-0.3, -0.25) is 10.5 Å². The zero-order chi connectivity index (χ0) is 8.10. The van der Waals surface area contributed by atoms with E-state index in [9.17, 15) is 4.79 Å². The normalized spacial score (nSPS) is 20.0. The molecule has 1 aliphatic carbocycles. The van der Waals surface area contributed by atoms with Gasteiger partial charge in [-0.1, -0.05) is 19.3 Å². The van der Waals surface area contributed by atoms with Gasteiger partial charge in [-0.25, -0.2) is 0 Å². The molecule has 63 valence electrons. The lowest BCUT2D eigenvalue weighted by Gasteiger charge is -2.21. The maximum Gasteiger partial charge on any atom is 0.252 e. The molecule has 2 N–H and O–H groups in total. The molecule has 3 heteroatoms. The first-order valence-electron chi connectivity index (χ1n) is 4.27. The molecule has 1 rings (SSSR count). The van der Waals surface area contributed by atoms with Crippen molar-refractivity contribution in [1.29, 1.82) is 0 Å². The second kappa shape index (κ2) is 4.34. The van der Waals surface area contributed by atoms with Gasteiger partial charge in [0.1, 0.15) is 0 Å². The van der Waals surface area contributed by atoms with Crippen molar-refractivity contribution in [3.05, 3.63) is 0 Å². The number of carbonyl (C=O) groups is 1. The molecule has 1 saturated carbocycles. The maximum absolute atomic E-state index is 10.3. The minimum atomic E-state index is -0.504. The van der Waals surface area contributed by atoms with Crippen LogP contribution in [-0.2, 0) is 4.79 Å². The first-order chi connectivity index (χ1) is 5.29. The molecule has 0 unspecified atom stereocenters. The Kier molecular flexibility index (Phi) is 3.36. The molecule has 0 heterocycles. The monoisotopic (exact) mass is 155 g/mol. The van der Waals surface area contributed by atoms with Crippen LogP contribution in [0.5, 0.6) is 0 Å². The first-order valence-corrected chi connectivity index (χ1v) is 4.27. The number of nitrogens with one attached hydrogen (secondary N) is 2. The molecule has 1 amide bonds. The molecule has 0 aromatic heterocycles. The fourth-order valence-electron chi connectivity index (χ4n) is 1.54. The van der Waals surface area contributed by atoms with Crippen LogP contribution in [-0.4, -0.2) is 18.5 Å². The summed E-state index contributed by atoms with van der Waals surface area (Å²) >= 11 is 0. The topological polar surface area (TPSA) is 52.9 Å². The number of hydrogen-bond acceptors (Lipinski definition) is 2. The number of hydrogen-bond donors (Lipinski definition) is 1. The van der Waals surface area contributed by atoms with Crippen molar-refractivity contribution in [3.63, 3.8) is 0 Å². The third kappa shape index (κ3) is 3.37. The second-order valence-corrected chi connectivity index (χ2v) is 3.14. The lowest BCUT2D eigenvalue weighted by Crippen LogP contribution is -2.35. The van der Waals surface area contributed by atoms with Gasteiger partial charge in [0.2, 0.25) is 0 Å². The van der Waals surface area contributed by atoms with E-state index in [1.54, 1.807) is 0 Å². The van der Waals surface area contributed by atoms with E-state index in [1.807, 2.05) is 0 Å². The summed E-state index contributed by atoms with van der Waals surface area (Å²) in [6.07, 6.45) is 6.21. The summed E-state index contributed by atoms with van der Waals surface area (Å²) in [5.74, 6) is -0.504. The molecule has 0 aromatic rings. The Morgan fingerprint density at radius 2 is 2.00 bits per heavy atom. The predicted octanol–water partition coefficient (Wildman–Crippen LogP) is 0.718. The van der Waals surface area contributed by atoms with Crippen LogP contribution in [0, 0.1) is 0 Å². The van der Waals surface area contributed by atoms with Crippen LogP contribution in [0.25, 0.3) is 0 Å². The smallest absolute Gasteiger partial charge is 0.252 e. The van der Waals surface area contributed by atoms with Crippen LogP contribution in [0.3, 0.4) is 0 Å².